The predicted molar refractivity (Wildman–Crippen MR) is 133 cm³/mol. The number of amides is 1. The molecule has 1 aliphatic heterocycles. The number of carbonyl (C=O) groups excluding carboxylic acids is 2. The van der Waals surface area contributed by atoms with Gasteiger partial charge in [-0.1, -0.05) is 18.2 Å². The second-order valence-corrected chi connectivity index (χ2v) is 8.37. The molecule has 1 saturated heterocycles. The molecule has 1 unspecified atom stereocenters. The molecule has 1 atom stereocenters. The Labute approximate surface area is 213 Å². The van der Waals surface area contributed by atoms with Gasteiger partial charge in [0.1, 0.15) is 23.1 Å². The first kappa shape index (κ1) is 25.6. The molecule has 0 radical (unpaired) electrons. The summed E-state index contributed by atoms with van der Waals surface area (Å²) in [5.41, 5.74) is 1.06. The van der Waals surface area contributed by atoms with Gasteiger partial charge in [0.05, 0.1) is 38.5 Å². The number of rotatable bonds is 8. The Balaban J connectivity index is 1.78. The quantitative estimate of drug-likeness (QED) is 0.267. The SMILES string of the molecule is COc1ccc(CCN2C(=O)C(=O)/C(=C(/O)c3cc(F)ccc3OC)C2c2ccc(O)cc2)cc1OC. The van der Waals surface area contributed by atoms with Crippen LogP contribution in [0.5, 0.6) is 23.0 Å². The van der Waals surface area contributed by atoms with Crippen molar-refractivity contribution < 1.29 is 38.4 Å². The summed E-state index contributed by atoms with van der Waals surface area (Å²) in [7, 11) is 4.40. The molecule has 0 aromatic heterocycles. The third-order valence-corrected chi connectivity index (χ3v) is 6.25. The smallest absolute Gasteiger partial charge is 0.295 e. The lowest BCUT2D eigenvalue weighted by molar-refractivity contribution is -0.139. The maximum absolute atomic E-state index is 14.1. The number of aliphatic hydroxyl groups excluding tert-OH is 1. The molecular formula is C28H26FNO7. The van der Waals surface area contributed by atoms with E-state index < -0.39 is 29.3 Å². The van der Waals surface area contributed by atoms with Gasteiger partial charge in [-0.2, -0.15) is 0 Å². The van der Waals surface area contributed by atoms with Crippen LogP contribution in [0.4, 0.5) is 4.39 Å². The van der Waals surface area contributed by atoms with Gasteiger partial charge in [-0.3, -0.25) is 9.59 Å². The number of likely N-dealkylation sites (tertiary alicyclic amines) is 1. The van der Waals surface area contributed by atoms with Crippen molar-refractivity contribution in [3.05, 3.63) is 88.7 Å². The van der Waals surface area contributed by atoms with E-state index in [1.165, 1.54) is 44.4 Å². The number of ether oxygens (including phenoxy) is 3. The minimum atomic E-state index is -0.978. The highest BCUT2D eigenvalue weighted by molar-refractivity contribution is 6.46. The molecule has 37 heavy (non-hydrogen) atoms. The molecule has 1 amide bonds. The molecule has 8 nitrogen and oxygen atoms in total. The number of methoxy groups -OCH3 is 3. The first-order valence-corrected chi connectivity index (χ1v) is 11.4. The summed E-state index contributed by atoms with van der Waals surface area (Å²) in [6.07, 6.45) is 0.366. The summed E-state index contributed by atoms with van der Waals surface area (Å²) >= 11 is 0. The van der Waals surface area contributed by atoms with Crippen molar-refractivity contribution in [2.24, 2.45) is 0 Å². The standard InChI is InChI=1S/C28H26FNO7/c1-35-21-11-7-18(29)15-20(21)26(32)24-25(17-5-8-19(31)9-6-17)30(28(34)27(24)33)13-12-16-4-10-22(36-2)23(14-16)37-3/h4-11,14-15,25,31-32H,12-13H2,1-3H3/b26-24+. The van der Waals surface area contributed by atoms with Crippen molar-refractivity contribution in [3.8, 4) is 23.0 Å². The van der Waals surface area contributed by atoms with Crippen molar-refractivity contribution >= 4 is 17.4 Å². The zero-order chi connectivity index (χ0) is 26.7. The average molecular weight is 508 g/mol. The monoisotopic (exact) mass is 507 g/mol. The highest BCUT2D eigenvalue weighted by atomic mass is 19.1. The molecule has 0 bridgehead atoms. The maximum Gasteiger partial charge on any atom is 0.295 e. The van der Waals surface area contributed by atoms with Gasteiger partial charge >= 0.3 is 0 Å². The van der Waals surface area contributed by atoms with Gasteiger partial charge in [-0.25, -0.2) is 4.39 Å². The van der Waals surface area contributed by atoms with Crippen molar-refractivity contribution in [2.45, 2.75) is 12.5 Å². The lowest BCUT2D eigenvalue weighted by Crippen LogP contribution is -2.31. The van der Waals surface area contributed by atoms with Crippen LogP contribution < -0.4 is 14.2 Å². The Morgan fingerprint density at radius 1 is 0.892 bits per heavy atom. The maximum atomic E-state index is 14.1. The molecule has 3 aromatic carbocycles. The van der Waals surface area contributed by atoms with Crippen LogP contribution in [0.3, 0.4) is 0 Å². The highest BCUT2D eigenvalue weighted by Gasteiger charge is 2.46. The first-order valence-electron chi connectivity index (χ1n) is 11.4. The van der Waals surface area contributed by atoms with Crippen molar-refractivity contribution in [1.82, 2.24) is 4.90 Å². The minimum Gasteiger partial charge on any atom is -0.508 e. The number of hydrogen-bond donors (Lipinski definition) is 2. The van der Waals surface area contributed by atoms with Crippen LogP contribution in [0.2, 0.25) is 0 Å². The summed E-state index contributed by atoms with van der Waals surface area (Å²) < 4.78 is 29.9. The van der Waals surface area contributed by atoms with E-state index in [-0.39, 0.29) is 29.2 Å². The van der Waals surface area contributed by atoms with E-state index in [1.54, 1.807) is 24.3 Å². The summed E-state index contributed by atoms with van der Waals surface area (Å²) in [4.78, 5) is 27.8. The van der Waals surface area contributed by atoms with E-state index in [0.29, 0.717) is 23.5 Å². The number of aromatic hydroxyl groups is 1. The molecule has 0 spiro atoms. The van der Waals surface area contributed by atoms with Crippen LogP contribution in [0.25, 0.3) is 5.76 Å². The second kappa shape index (κ2) is 10.6. The topological polar surface area (TPSA) is 106 Å². The predicted octanol–water partition coefficient (Wildman–Crippen LogP) is 4.22. The van der Waals surface area contributed by atoms with E-state index in [9.17, 15) is 24.2 Å². The lowest BCUT2D eigenvalue weighted by Gasteiger charge is -2.25. The number of ketones is 1. The zero-order valence-electron chi connectivity index (χ0n) is 20.5. The third-order valence-electron chi connectivity index (χ3n) is 6.25. The van der Waals surface area contributed by atoms with E-state index in [4.69, 9.17) is 14.2 Å². The number of aliphatic hydroxyl groups is 1. The van der Waals surface area contributed by atoms with Crippen LogP contribution in [-0.4, -0.2) is 54.7 Å². The molecule has 1 fully saturated rings. The first-order chi connectivity index (χ1) is 17.8. The highest BCUT2D eigenvalue weighted by Crippen LogP contribution is 2.41. The zero-order valence-corrected chi connectivity index (χ0v) is 20.5. The molecule has 9 heteroatoms. The second-order valence-electron chi connectivity index (χ2n) is 8.37. The van der Waals surface area contributed by atoms with E-state index in [2.05, 4.69) is 0 Å². The van der Waals surface area contributed by atoms with Crippen molar-refractivity contribution in [1.29, 1.82) is 0 Å². The van der Waals surface area contributed by atoms with Crippen molar-refractivity contribution in [3.63, 3.8) is 0 Å². The van der Waals surface area contributed by atoms with Gasteiger partial charge < -0.3 is 29.3 Å². The number of phenolic OH excluding ortho intramolecular Hbond substituents is 1. The van der Waals surface area contributed by atoms with Gasteiger partial charge in [0.15, 0.2) is 11.5 Å². The van der Waals surface area contributed by atoms with Crippen LogP contribution in [0.1, 0.15) is 22.7 Å². The number of nitrogens with zero attached hydrogens (tertiary/aromatic N) is 1. The van der Waals surface area contributed by atoms with Crippen LogP contribution in [0, 0.1) is 5.82 Å². The van der Waals surface area contributed by atoms with E-state index in [1.807, 2.05) is 6.07 Å². The number of phenols is 1. The molecule has 3 aromatic rings. The van der Waals surface area contributed by atoms with Crippen molar-refractivity contribution in [2.75, 3.05) is 27.9 Å². The summed E-state index contributed by atoms with van der Waals surface area (Å²) in [5.74, 6) is -1.70. The number of hydrogen-bond acceptors (Lipinski definition) is 7. The Kier molecular flexibility index (Phi) is 7.33. The van der Waals surface area contributed by atoms with E-state index in [0.717, 1.165) is 17.7 Å². The normalized spacial score (nSPS) is 16.6. The lowest BCUT2D eigenvalue weighted by atomic mass is 9.94. The number of carbonyl (C=O) groups is 2. The van der Waals surface area contributed by atoms with Gasteiger partial charge in [0, 0.05) is 6.54 Å². The molecule has 0 aliphatic carbocycles. The molecule has 4 rings (SSSR count). The van der Waals surface area contributed by atoms with E-state index >= 15 is 0 Å². The molecule has 2 N–H and O–H groups in total. The van der Waals surface area contributed by atoms with Crippen LogP contribution in [0.15, 0.2) is 66.2 Å². The summed E-state index contributed by atoms with van der Waals surface area (Å²) in [5, 5.41) is 21.0. The summed E-state index contributed by atoms with van der Waals surface area (Å²) in [6.45, 7) is 0.128. The van der Waals surface area contributed by atoms with Gasteiger partial charge in [-0.05, 0) is 60.0 Å². The Morgan fingerprint density at radius 2 is 1.54 bits per heavy atom. The Hall–Kier alpha value is -4.53. The number of Topliss-reactive ketones (excluding diaryl/α,β-unsaturated/α-hetero) is 1. The van der Waals surface area contributed by atoms with Gasteiger partial charge in [0.2, 0.25) is 0 Å². The van der Waals surface area contributed by atoms with Crippen LogP contribution >= 0.6 is 0 Å². The average Bonchev–Trinajstić information content (AvgIpc) is 3.16. The summed E-state index contributed by atoms with van der Waals surface area (Å²) in [6, 6.07) is 13.9. The number of benzene rings is 3. The fraction of sp³-hybridized carbons (Fsp3) is 0.214. The molecule has 1 aliphatic rings. The molecule has 192 valence electrons. The molecule has 0 saturated carbocycles. The Bertz CT molecular complexity index is 1370. The fourth-order valence-electron chi connectivity index (χ4n) is 4.41. The molecule has 1 heterocycles. The van der Waals surface area contributed by atoms with Gasteiger partial charge in [0.25, 0.3) is 11.7 Å². The minimum absolute atomic E-state index is 0.00201. The molecular weight excluding hydrogens is 481 g/mol. The fourth-order valence-corrected chi connectivity index (χ4v) is 4.41. The number of halogens is 1. The van der Waals surface area contributed by atoms with Gasteiger partial charge in [-0.15, -0.1) is 0 Å². The Morgan fingerprint density at radius 3 is 2.19 bits per heavy atom. The van der Waals surface area contributed by atoms with Crippen LogP contribution in [-0.2, 0) is 16.0 Å². The third kappa shape index (κ3) is 4.93. The largest absolute Gasteiger partial charge is 0.508 e.